The molecule has 0 amide bonds. The van der Waals surface area contributed by atoms with Gasteiger partial charge in [0.15, 0.2) is 0 Å². The average Bonchev–Trinajstić information content (AvgIpc) is 2.93. The van der Waals surface area contributed by atoms with Crippen LogP contribution in [0.15, 0.2) is 30.3 Å². The molecule has 1 unspecified atom stereocenters. The Morgan fingerprint density at radius 2 is 2.04 bits per heavy atom. The number of aliphatic hydroxyl groups excluding tert-OH is 1. The van der Waals surface area contributed by atoms with E-state index in [0.717, 1.165) is 5.56 Å². The first-order valence-electron chi connectivity index (χ1n) is 7.79. The van der Waals surface area contributed by atoms with Crippen LogP contribution in [0.4, 0.5) is 4.39 Å². The summed E-state index contributed by atoms with van der Waals surface area (Å²) < 4.78 is 19.0. The molecule has 1 aliphatic heterocycles. The summed E-state index contributed by atoms with van der Waals surface area (Å²) in [6.45, 7) is 3.68. The Labute approximate surface area is 139 Å². The number of fused-ring (bicyclic) bond motifs is 1. The highest BCUT2D eigenvalue weighted by atomic mass is 19.1. The zero-order chi connectivity index (χ0) is 17.5. The maximum absolute atomic E-state index is 13.2. The molecule has 0 saturated carbocycles. The Morgan fingerprint density at radius 1 is 1.38 bits per heavy atom. The molecule has 3 rings (SSSR count). The lowest BCUT2D eigenvalue weighted by atomic mass is 9.83. The minimum absolute atomic E-state index is 0.00165. The van der Waals surface area contributed by atoms with Gasteiger partial charge in [0.25, 0.3) is 0 Å². The molecule has 0 spiro atoms. The SMILES string of the molecule is CC(O)(CN)c1cc2c(c(-c3ccc(F)cc3)n1)OC[C@]2(C)CO. The van der Waals surface area contributed by atoms with Gasteiger partial charge in [-0.05, 0) is 44.2 Å². The number of ether oxygens (including phenoxy) is 1. The molecule has 128 valence electrons. The molecule has 1 aliphatic rings. The molecule has 24 heavy (non-hydrogen) atoms. The number of benzene rings is 1. The monoisotopic (exact) mass is 332 g/mol. The number of pyridine rings is 1. The third-order valence-electron chi connectivity index (χ3n) is 4.57. The standard InChI is InChI=1S/C18H21FN2O3/c1-17(9-22)10-24-16-13(17)7-14(18(2,23)8-20)21-15(16)11-3-5-12(19)6-4-11/h3-7,22-23H,8-10,20H2,1-2H3/t17-,18?/m0/s1. The summed E-state index contributed by atoms with van der Waals surface area (Å²) in [5, 5.41) is 20.3. The molecular formula is C18H21FN2O3. The van der Waals surface area contributed by atoms with E-state index in [1.165, 1.54) is 12.1 Å². The van der Waals surface area contributed by atoms with Gasteiger partial charge in [0.2, 0.25) is 0 Å². The van der Waals surface area contributed by atoms with Gasteiger partial charge < -0.3 is 20.7 Å². The first-order chi connectivity index (χ1) is 11.3. The number of halogens is 1. The van der Waals surface area contributed by atoms with Gasteiger partial charge >= 0.3 is 0 Å². The quantitative estimate of drug-likeness (QED) is 0.793. The molecule has 0 fully saturated rings. The third kappa shape index (κ3) is 2.66. The van der Waals surface area contributed by atoms with Crippen LogP contribution in [0.1, 0.15) is 25.1 Å². The van der Waals surface area contributed by atoms with Crippen molar-refractivity contribution in [1.82, 2.24) is 4.98 Å². The van der Waals surface area contributed by atoms with Crippen molar-refractivity contribution < 1.29 is 19.3 Å². The molecule has 0 radical (unpaired) electrons. The number of aliphatic hydroxyl groups is 2. The number of nitrogens with two attached hydrogens (primary N) is 1. The largest absolute Gasteiger partial charge is 0.490 e. The molecule has 2 heterocycles. The predicted molar refractivity (Wildman–Crippen MR) is 88.2 cm³/mol. The van der Waals surface area contributed by atoms with E-state index in [9.17, 15) is 14.6 Å². The number of rotatable bonds is 4. The van der Waals surface area contributed by atoms with Crippen molar-refractivity contribution in [3.8, 4) is 17.0 Å². The van der Waals surface area contributed by atoms with Crippen molar-refractivity contribution in [2.24, 2.45) is 5.73 Å². The summed E-state index contributed by atoms with van der Waals surface area (Å²) in [6.07, 6.45) is 0. The van der Waals surface area contributed by atoms with Crippen LogP contribution in [0.3, 0.4) is 0 Å². The van der Waals surface area contributed by atoms with Gasteiger partial charge in [-0.2, -0.15) is 0 Å². The fourth-order valence-corrected chi connectivity index (χ4v) is 2.75. The highest BCUT2D eigenvalue weighted by Gasteiger charge is 2.40. The van der Waals surface area contributed by atoms with E-state index in [4.69, 9.17) is 10.5 Å². The van der Waals surface area contributed by atoms with Gasteiger partial charge in [0, 0.05) is 17.7 Å². The number of hydrogen-bond donors (Lipinski definition) is 3. The maximum Gasteiger partial charge on any atom is 0.149 e. The highest BCUT2D eigenvalue weighted by molar-refractivity contribution is 5.70. The van der Waals surface area contributed by atoms with Crippen LogP contribution < -0.4 is 10.5 Å². The molecule has 6 heteroatoms. The Kier molecular flexibility index (Phi) is 4.07. The molecule has 2 atom stereocenters. The minimum Gasteiger partial charge on any atom is -0.490 e. The van der Waals surface area contributed by atoms with Crippen LogP contribution in [0, 0.1) is 5.82 Å². The second-order valence-electron chi connectivity index (χ2n) is 6.73. The van der Waals surface area contributed by atoms with Crippen LogP contribution in [0.25, 0.3) is 11.3 Å². The summed E-state index contributed by atoms with van der Waals surface area (Å²) >= 11 is 0. The summed E-state index contributed by atoms with van der Waals surface area (Å²) in [7, 11) is 0. The van der Waals surface area contributed by atoms with E-state index < -0.39 is 11.0 Å². The first kappa shape index (κ1) is 16.8. The molecular weight excluding hydrogens is 311 g/mol. The summed E-state index contributed by atoms with van der Waals surface area (Å²) in [6, 6.07) is 7.64. The molecule has 5 nitrogen and oxygen atoms in total. The van der Waals surface area contributed by atoms with E-state index in [-0.39, 0.29) is 19.0 Å². The summed E-state index contributed by atoms with van der Waals surface area (Å²) in [4.78, 5) is 4.53. The average molecular weight is 332 g/mol. The van der Waals surface area contributed by atoms with Crippen molar-refractivity contribution in [3.05, 3.63) is 47.4 Å². The zero-order valence-electron chi connectivity index (χ0n) is 13.7. The van der Waals surface area contributed by atoms with Gasteiger partial charge in [-0.3, -0.25) is 0 Å². The molecule has 0 aliphatic carbocycles. The van der Waals surface area contributed by atoms with E-state index >= 15 is 0 Å². The van der Waals surface area contributed by atoms with E-state index in [1.807, 2.05) is 6.92 Å². The number of nitrogens with zero attached hydrogens (tertiary/aromatic N) is 1. The number of aromatic nitrogens is 1. The van der Waals surface area contributed by atoms with Crippen LogP contribution >= 0.6 is 0 Å². The van der Waals surface area contributed by atoms with Gasteiger partial charge in [-0.15, -0.1) is 0 Å². The van der Waals surface area contributed by atoms with Crippen LogP contribution in [0.2, 0.25) is 0 Å². The van der Waals surface area contributed by atoms with Crippen molar-refractivity contribution in [3.63, 3.8) is 0 Å². The van der Waals surface area contributed by atoms with Crippen molar-refractivity contribution in [2.45, 2.75) is 24.9 Å². The van der Waals surface area contributed by atoms with E-state index in [2.05, 4.69) is 4.98 Å². The Balaban J connectivity index is 2.25. The van der Waals surface area contributed by atoms with Crippen molar-refractivity contribution >= 4 is 0 Å². The fraction of sp³-hybridized carbons (Fsp3) is 0.389. The molecule has 2 aromatic rings. The normalized spacial score (nSPS) is 21.9. The Hall–Kier alpha value is -2.02. The van der Waals surface area contributed by atoms with Crippen molar-refractivity contribution in [2.75, 3.05) is 19.8 Å². The van der Waals surface area contributed by atoms with Crippen molar-refractivity contribution in [1.29, 1.82) is 0 Å². The van der Waals surface area contributed by atoms with E-state index in [1.54, 1.807) is 25.1 Å². The van der Waals surface area contributed by atoms with E-state index in [0.29, 0.717) is 29.3 Å². The smallest absolute Gasteiger partial charge is 0.149 e. The molecule has 0 saturated heterocycles. The third-order valence-corrected chi connectivity index (χ3v) is 4.57. The fourth-order valence-electron chi connectivity index (χ4n) is 2.75. The molecule has 0 bridgehead atoms. The van der Waals surface area contributed by atoms with Gasteiger partial charge in [-0.25, -0.2) is 9.37 Å². The topological polar surface area (TPSA) is 88.6 Å². The Bertz CT molecular complexity index is 762. The second kappa shape index (κ2) is 5.81. The first-order valence-corrected chi connectivity index (χ1v) is 7.79. The predicted octanol–water partition coefficient (Wildman–Crippen LogP) is 1.70. The molecule has 1 aromatic carbocycles. The number of hydrogen-bond acceptors (Lipinski definition) is 5. The van der Waals surface area contributed by atoms with Crippen LogP contribution in [-0.2, 0) is 11.0 Å². The second-order valence-corrected chi connectivity index (χ2v) is 6.73. The summed E-state index contributed by atoms with van der Waals surface area (Å²) in [5.74, 6) is 0.205. The zero-order valence-corrected chi connectivity index (χ0v) is 13.7. The van der Waals surface area contributed by atoms with Gasteiger partial charge in [-0.1, -0.05) is 0 Å². The lowest BCUT2D eigenvalue weighted by Crippen LogP contribution is -2.33. The van der Waals surface area contributed by atoms with Gasteiger partial charge in [0.1, 0.15) is 29.5 Å². The van der Waals surface area contributed by atoms with Crippen LogP contribution in [0.5, 0.6) is 5.75 Å². The molecule has 4 N–H and O–H groups in total. The molecule has 1 aromatic heterocycles. The highest BCUT2D eigenvalue weighted by Crippen LogP contribution is 2.45. The minimum atomic E-state index is -1.32. The summed E-state index contributed by atoms with van der Waals surface area (Å²) in [5.41, 5.74) is 6.11. The lowest BCUT2D eigenvalue weighted by molar-refractivity contribution is 0.0621. The van der Waals surface area contributed by atoms with Crippen LogP contribution in [-0.4, -0.2) is 35.0 Å². The van der Waals surface area contributed by atoms with Gasteiger partial charge in [0.05, 0.1) is 17.7 Å². The Morgan fingerprint density at radius 3 is 2.62 bits per heavy atom. The maximum atomic E-state index is 13.2. The lowest BCUT2D eigenvalue weighted by Gasteiger charge is -2.25.